The van der Waals surface area contributed by atoms with Crippen molar-refractivity contribution in [2.24, 2.45) is 0 Å². The van der Waals surface area contributed by atoms with Crippen LogP contribution in [0.1, 0.15) is 32.3 Å². The van der Waals surface area contributed by atoms with Crippen LogP contribution in [0.15, 0.2) is 65.6 Å². The normalized spacial score (nSPS) is 24.2. The second kappa shape index (κ2) is 7.05. The lowest BCUT2D eigenvalue weighted by atomic mass is 10.1. The predicted molar refractivity (Wildman–Crippen MR) is 105 cm³/mol. The molecule has 1 aliphatic rings. The van der Waals surface area contributed by atoms with Crippen molar-refractivity contribution < 1.29 is 22.7 Å². The van der Waals surface area contributed by atoms with E-state index in [-0.39, 0.29) is 4.90 Å². The van der Waals surface area contributed by atoms with Gasteiger partial charge in [0.15, 0.2) is 9.84 Å². The molecule has 1 aliphatic carbocycles. The second-order valence-corrected chi connectivity index (χ2v) is 9.91. The van der Waals surface area contributed by atoms with Crippen LogP contribution in [0, 0.1) is 0 Å². The first kappa shape index (κ1) is 20.1. The monoisotopic (exact) mass is 401 g/mol. The van der Waals surface area contributed by atoms with E-state index in [4.69, 9.17) is 4.74 Å². The first-order chi connectivity index (χ1) is 13.1. The molecule has 2 aromatic carbocycles. The molecule has 148 valence electrons. The van der Waals surface area contributed by atoms with E-state index in [1.165, 1.54) is 12.1 Å². The summed E-state index contributed by atoms with van der Waals surface area (Å²) in [5, 5.41) is 1.42. The molecule has 7 heteroatoms. The molecule has 3 rings (SSSR count). The minimum atomic E-state index is -3.87. The third-order valence-corrected chi connectivity index (χ3v) is 6.92. The fourth-order valence-corrected chi connectivity index (χ4v) is 5.74. The lowest BCUT2D eigenvalue weighted by Gasteiger charge is -2.22. The van der Waals surface area contributed by atoms with Crippen molar-refractivity contribution in [2.75, 3.05) is 0 Å². The van der Waals surface area contributed by atoms with E-state index in [2.05, 4.69) is 5.32 Å². The van der Waals surface area contributed by atoms with E-state index in [0.29, 0.717) is 11.8 Å². The van der Waals surface area contributed by atoms with E-state index in [0.717, 1.165) is 0 Å². The fourth-order valence-electron chi connectivity index (χ4n) is 3.48. The van der Waals surface area contributed by atoms with Gasteiger partial charge in [0.2, 0.25) is 0 Å². The number of rotatable bonds is 5. The molecule has 1 fully saturated rings. The highest BCUT2D eigenvalue weighted by Crippen LogP contribution is 2.56. The average Bonchev–Trinajstić information content (AvgIpc) is 3.31. The highest BCUT2D eigenvalue weighted by molar-refractivity contribution is 7.92. The number of ether oxygens (including phenoxy) is 1. The van der Waals surface area contributed by atoms with Crippen molar-refractivity contribution in [3.63, 3.8) is 0 Å². The Bertz CT molecular complexity index is 967. The third-order valence-electron chi connectivity index (χ3n) is 4.66. The van der Waals surface area contributed by atoms with Gasteiger partial charge in [0.1, 0.15) is 22.7 Å². The zero-order valence-corrected chi connectivity index (χ0v) is 16.8. The molecule has 0 aromatic heterocycles. The summed E-state index contributed by atoms with van der Waals surface area (Å²) in [6.45, 7) is 5.08. The van der Waals surface area contributed by atoms with Gasteiger partial charge in [0, 0.05) is 5.92 Å². The summed E-state index contributed by atoms with van der Waals surface area (Å²) in [7, 11) is -3.87. The number of sulfone groups is 1. The highest BCUT2D eigenvalue weighted by atomic mass is 32.2. The Hall–Kier alpha value is -2.67. The summed E-state index contributed by atoms with van der Waals surface area (Å²) in [5.74, 6) is -0.705. The van der Waals surface area contributed by atoms with Gasteiger partial charge in [-0.1, -0.05) is 48.5 Å². The van der Waals surface area contributed by atoms with Gasteiger partial charge in [0.25, 0.3) is 0 Å². The summed E-state index contributed by atoms with van der Waals surface area (Å²) in [4.78, 5) is 24.6. The number of hydrogen-bond acceptors (Lipinski definition) is 5. The van der Waals surface area contributed by atoms with E-state index >= 15 is 0 Å². The van der Waals surface area contributed by atoms with Crippen LogP contribution in [0.2, 0.25) is 0 Å². The third kappa shape index (κ3) is 3.67. The molecule has 0 bridgehead atoms. The smallest absolute Gasteiger partial charge is 0.408 e. The summed E-state index contributed by atoms with van der Waals surface area (Å²) in [6.07, 6.45) is -0.314. The van der Waals surface area contributed by atoms with Crippen LogP contribution >= 0.6 is 0 Å². The van der Waals surface area contributed by atoms with Gasteiger partial charge in [0.05, 0.1) is 4.90 Å². The Labute approximate surface area is 164 Å². The first-order valence-corrected chi connectivity index (χ1v) is 10.5. The zero-order valence-electron chi connectivity index (χ0n) is 16.0. The van der Waals surface area contributed by atoms with Crippen molar-refractivity contribution in [3.8, 4) is 0 Å². The number of carbonyl (C=O) groups is 2. The molecule has 0 heterocycles. The summed E-state index contributed by atoms with van der Waals surface area (Å²) in [5.41, 5.74) is -1.70. The zero-order chi connectivity index (χ0) is 20.6. The van der Waals surface area contributed by atoms with E-state index in [9.17, 15) is 18.0 Å². The van der Waals surface area contributed by atoms with E-state index < -0.39 is 38.2 Å². The van der Waals surface area contributed by atoms with Crippen LogP contribution in [0.3, 0.4) is 0 Å². The number of amides is 1. The minimum Gasteiger partial charge on any atom is -0.444 e. The number of benzene rings is 2. The largest absolute Gasteiger partial charge is 0.444 e. The maximum atomic E-state index is 13.3. The van der Waals surface area contributed by atoms with Crippen molar-refractivity contribution in [1.29, 1.82) is 0 Å². The van der Waals surface area contributed by atoms with Crippen LogP contribution < -0.4 is 5.32 Å². The average molecular weight is 401 g/mol. The number of carbonyl (C=O) groups excluding carboxylic acids is 2. The Morgan fingerprint density at radius 2 is 1.57 bits per heavy atom. The van der Waals surface area contributed by atoms with Gasteiger partial charge in [-0.25, -0.2) is 13.2 Å². The van der Waals surface area contributed by atoms with E-state index in [1.54, 1.807) is 69.3 Å². The lowest BCUT2D eigenvalue weighted by Crippen LogP contribution is -2.45. The van der Waals surface area contributed by atoms with Gasteiger partial charge in [-0.3, -0.25) is 0 Å². The molecule has 28 heavy (non-hydrogen) atoms. The minimum absolute atomic E-state index is 0.107. The molecule has 1 saturated carbocycles. The summed E-state index contributed by atoms with van der Waals surface area (Å²) >= 11 is 0. The molecule has 3 unspecified atom stereocenters. The van der Waals surface area contributed by atoms with Crippen molar-refractivity contribution in [2.45, 2.75) is 48.0 Å². The maximum Gasteiger partial charge on any atom is 0.408 e. The second-order valence-electron chi connectivity index (χ2n) is 7.84. The van der Waals surface area contributed by atoms with Crippen LogP contribution in [0.25, 0.3) is 0 Å². The molecule has 1 amide bonds. The van der Waals surface area contributed by atoms with Crippen LogP contribution in [-0.2, 0) is 19.4 Å². The molecule has 6 nitrogen and oxygen atoms in total. The van der Waals surface area contributed by atoms with Crippen molar-refractivity contribution in [3.05, 3.63) is 66.2 Å². The number of hydrogen-bond donors (Lipinski definition) is 1. The molecule has 2 aromatic rings. The van der Waals surface area contributed by atoms with Crippen LogP contribution in [0.4, 0.5) is 4.79 Å². The standard InChI is InChI=1S/C21H23NO5S/c1-20(2,3)27-19(24)22-21(14-23)17(15-10-6-4-7-11-15)18(21)28(25,26)16-12-8-5-9-13-16/h4-14,17-18H,1-3H3,(H,22,24). The highest BCUT2D eigenvalue weighted by Gasteiger charge is 2.73. The number of alkyl carbamates (subject to hydrolysis) is 1. The van der Waals surface area contributed by atoms with E-state index in [1.807, 2.05) is 0 Å². The first-order valence-electron chi connectivity index (χ1n) is 8.93. The van der Waals surface area contributed by atoms with Gasteiger partial charge >= 0.3 is 6.09 Å². The summed E-state index contributed by atoms with van der Waals surface area (Å²) in [6, 6.07) is 16.8. The quantitative estimate of drug-likeness (QED) is 0.778. The predicted octanol–water partition coefficient (Wildman–Crippen LogP) is 3.09. The molecule has 0 aliphatic heterocycles. The molecule has 0 saturated heterocycles. The Kier molecular flexibility index (Phi) is 5.06. The van der Waals surface area contributed by atoms with Crippen molar-refractivity contribution in [1.82, 2.24) is 5.32 Å². The SMILES string of the molecule is CC(C)(C)OC(=O)NC1(C=O)C(c2ccccc2)C1S(=O)(=O)c1ccccc1. The Balaban J connectivity index is 2.03. The molecule has 3 atom stereocenters. The van der Waals surface area contributed by atoms with Gasteiger partial charge in [-0.05, 0) is 38.5 Å². The Morgan fingerprint density at radius 3 is 2.07 bits per heavy atom. The van der Waals surface area contributed by atoms with Crippen molar-refractivity contribution >= 4 is 22.2 Å². The lowest BCUT2D eigenvalue weighted by molar-refractivity contribution is -0.110. The van der Waals surface area contributed by atoms with Gasteiger partial charge in [-0.15, -0.1) is 0 Å². The molecular weight excluding hydrogens is 378 g/mol. The number of aldehydes is 1. The van der Waals surface area contributed by atoms with Gasteiger partial charge < -0.3 is 14.8 Å². The molecule has 0 radical (unpaired) electrons. The molecule has 1 N–H and O–H groups in total. The number of nitrogens with one attached hydrogen (secondary N) is 1. The topological polar surface area (TPSA) is 89.5 Å². The molecular formula is C21H23NO5S. The van der Waals surface area contributed by atoms with Gasteiger partial charge in [-0.2, -0.15) is 0 Å². The van der Waals surface area contributed by atoms with Crippen LogP contribution in [0.5, 0.6) is 0 Å². The Morgan fingerprint density at radius 1 is 1.04 bits per heavy atom. The fraction of sp³-hybridized carbons (Fsp3) is 0.333. The molecule has 0 spiro atoms. The maximum absolute atomic E-state index is 13.3. The van der Waals surface area contributed by atoms with Crippen LogP contribution in [-0.4, -0.2) is 37.2 Å². The summed E-state index contributed by atoms with van der Waals surface area (Å²) < 4.78 is 31.8.